The number of fused-ring (bicyclic) bond motifs is 1. The van der Waals surface area contributed by atoms with E-state index in [1.807, 2.05) is 0 Å². The predicted octanol–water partition coefficient (Wildman–Crippen LogP) is 4.99. The van der Waals surface area contributed by atoms with Gasteiger partial charge >= 0.3 is 18.5 Å². The van der Waals surface area contributed by atoms with Gasteiger partial charge in [-0.15, -0.1) is 23.3 Å². The Bertz CT molecular complexity index is 923. The fourth-order valence-corrected chi connectivity index (χ4v) is 4.38. The molecule has 0 bridgehead atoms. The maximum Gasteiger partial charge on any atom is 0.573 e. The Kier molecular flexibility index (Phi) is 9.61. The number of nitrogens with zero attached hydrogens (tertiary/aromatic N) is 1. The van der Waals surface area contributed by atoms with E-state index in [-0.39, 0.29) is 48.0 Å². The van der Waals surface area contributed by atoms with Gasteiger partial charge < -0.3 is 19.0 Å². The number of benzene rings is 1. The van der Waals surface area contributed by atoms with Crippen molar-refractivity contribution >= 4 is 33.6 Å². The minimum absolute atomic E-state index is 0.0316. The van der Waals surface area contributed by atoms with Crippen LogP contribution in [-0.2, 0) is 20.8 Å². The van der Waals surface area contributed by atoms with Crippen molar-refractivity contribution in [1.82, 2.24) is 0 Å². The first-order chi connectivity index (χ1) is 15.8. The molecule has 0 amide bonds. The van der Waals surface area contributed by atoms with E-state index >= 15 is 0 Å². The zero-order valence-corrected chi connectivity index (χ0v) is 18.9. The van der Waals surface area contributed by atoms with Gasteiger partial charge in [0.25, 0.3) is 5.09 Å². The Morgan fingerprint density at radius 2 is 1.79 bits per heavy atom. The Morgan fingerprint density at radius 1 is 1.15 bits per heavy atom. The number of aryl methyl sites for hydroxylation is 1. The lowest BCUT2D eigenvalue weighted by Crippen LogP contribution is -2.41. The summed E-state index contributed by atoms with van der Waals surface area (Å²) in [6.07, 6.45) is -11.9. The first kappa shape index (κ1) is 27.8. The molecule has 1 aliphatic heterocycles. The monoisotopic (exact) mass is 537 g/mol. The first-order valence-electron chi connectivity index (χ1n) is 9.38. The third-order valence-electron chi connectivity index (χ3n) is 3.99. The average molecular weight is 537 g/mol. The molecule has 0 fully saturated rings. The van der Waals surface area contributed by atoms with Crippen molar-refractivity contribution in [3.63, 3.8) is 0 Å². The van der Waals surface area contributed by atoms with Gasteiger partial charge in [0.05, 0.1) is 5.57 Å². The quantitative estimate of drug-likeness (QED) is 0.0966. The van der Waals surface area contributed by atoms with E-state index in [2.05, 4.69) is 9.57 Å². The van der Waals surface area contributed by atoms with Crippen LogP contribution in [0.5, 0.6) is 11.5 Å². The number of ether oxygens (including phenoxy) is 3. The molecule has 1 heterocycles. The second-order valence-electron chi connectivity index (χ2n) is 6.38. The van der Waals surface area contributed by atoms with Crippen LogP contribution in [0.2, 0.25) is 0 Å². The molecule has 190 valence electrons. The molecule has 0 unspecified atom stereocenters. The standard InChI is InChI=1S/C18H17F6NO7S2/c1-2-10-7-12(32-18(22,23)24)8-11-9-13(15(17(19,20)21)31-14(10)11)16(26)29-3-5-33-34-6-4-30-25(27)28/h7-9,15H,2-6H2,1H3/t15-/m0/s1. The molecule has 0 saturated heterocycles. The van der Waals surface area contributed by atoms with Crippen LogP contribution in [0, 0.1) is 10.1 Å². The highest BCUT2D eigenvalue weighted by molar-refractivity contribution is 8.76. The van der Waals surface area contributed by atoms with Crippen LogP contribution >= 0.6 is 21.6 Å². The van der Waals surface area contributed by atoms with Crippen molar-refractivity contribution in [3.05, 3.63) is 38.9 Å². The zero-order valence-electron chi connectivity index (χ0n) is 17.2. The van der Waals surface area contributed by atoms with Gasteiger partial charge in [-0.3, -0.25) is 0 Å². The van der Waals surface area contributed by atoms with Crippen LogP contribution in [0.3, 0.4) is 0 Å². The number of rotatable bonds is 11. The molecule has 1 aromatic carbocycles. The van der Waals surface area contributed by atoms with Crippen molar-refractivity contribution in [2.75, 3.05) is 24.7 Å². The predicted molar refractivity (Wildman–Crippen MR) is 110 cm³/mol. The summed E-state index contributed by atoms with van der Waals surface area (Å²) in [5.74, 6) is -1.93. The summed E-state index contributed by atoms with van der Waals surface area (Å²) in [6.45, 7) is 1.05. The maximum absolute atomic E-state index is 13.6. The molecule has 0 spiro atoms. The molecule has 0 N–H and O–H groups in total. The highest BCUT2D eigenvalue weighted by Crippen LogP contribution is 2.42. The Balaban J connectivity index is 2.14. The van der Waals surface area contributed by atoms with Crippen molar-refractivity contribution in [2.24, 2.45) is 0 Å². The number of carbonyl (C=O) groups excluding carboxylic acids is 1. The minimum atomic E-state index is -5.03. The van der Waals surface area contributed by atoms with Gasteiger partial charge in [-0.1, -0.05) is 28.5 Å². The SMILES string of the molecule is CCc1cc(OC(F)(F)F)cc2c1O[C@H](C(F)(F)F)C(C(=O)OCCSSCCO[N+](=O)[O-])=C2. The van der Waals surface area contributed by atoms with Crippen LogP contribution in [0.15, 0.2) is 17.7 Å². The number of alkyl halides is 6. The molecule has 16 heteroatoms. The van der Waals surface area contributed by atoms with Gasteiger partial charge in [0.15, 0.2) is 0 Å². The Morgan fingerprint density at radius 3 is 2.35 bits per heavy atom. The van der Waals surface area contributed by atoms with Crippen molar-refractivity contribution in [3.8, 4) is 11.5 Å². The minimum Gasteiger partial charge on any atom is -0.475 e. The molecular weight excluding hydrogens is 520 g/mol. The second-order valence-corrected chi connectivity index (χ2v) is 9.08. The maximum atomic E-state index is 13.6. The third kappa shape index (κ3) is 8.38. The fraction of sp³-hybridized carbons (Fsp3) is 0.500. The third-order valence-corrected chi connectivity index (χ3v) is 6.32. The molecule has 2 rings (SSSR count). The van der Waals surface area contributed by atoms with Crippen molar-refractivity contribution in [2.45, 2.75) is 32.0 Å². The van der Waals surface area contributed by atoms with E-state index in [4.69, 9.17) is 9.47 Å². The summed E-state index contributed by atoms with van der Waals surface area (Å²) in [4.78, 5) is 26.5. The number of carbonyl (C=O) groups is 1. The van der Waals surface area contributed by atoms with E-state index < -0.39 is 41.0 Å². The second kappa shape index (κ2) is 11.8. The number of hydrogen-bond acceptors (Lipinski definition) is 9. The van der Waals surface area contributed by atoms with Gasteiger partial charge in [0.1, 0.15) is 24.7 Å². The van der Waals surface area contributed by atoms with Gasteiger partial charge in [-0.05, 0) is 30.2 Å². The summed E-state index contributed by atoms with van der Waals surface area (Å²) in [5, 5.41) is 9.05. The summed E-state index contributed by atoms with van der Waals surface area (Å²) in [6, 6.07) is 1.74. The summed E-state index contributed by atoms with van der Waals surface area (Å²) >= 11 is 0. The molecular formula is C18H17F6NO7S2. The average Bonchev–Trinajstić information content (AvgIpc) is 2.71. The molecule has 1 aromatic rings. The van der Waals surface area contributed by atoms with E-state index in [0.717, 1.165) is 39.8 Å². The van der Waals surface area contributed by atoms with E-state index in [1.165, 1.54) is 6.92 Å². The molecule has 0 aliphatic carbocycles. The van der Waals surface area contributed by atoms with Gasteiger partial charge in [0.2, 0.25) is 6.10 Å². The van der Waals surface area contributed by atoms with Crippen molar-refractivity contribution < 1.29 is 55.3 Å². The number of halogens is 6. The smallest absolute Gasteiger partial charge is 0.475 e. The lowest BCUT2D eigenvalue weighted by atomic mass is 9.97. The summed E-state index contributed by atoms with van der Waals surface area (Å²) in [5.41, 5.74) is -1.09. The summed E-state index contributed by atoms with van der Waals surface area (Å²) in [7, 11) is 2.30. The summed E-state index contributed by atoms with van der Waals surface area (Å²) < 4.78 is 92.3. The zero-order chi connectivity index (χ0) is 25.5. The molecule has 34 heavy (non-hydrogen) atoms. The highest BCUT2D eigenvalue weighted by Gasteiger charge is 2.49. The van der Waals surface area contributed by atoms with Gasteiger partial charge in [0, 0.05) is 17.1 Å². The highest BCUT2D eigenvalue weighted by atomic mass is 33.1. The van der Waals surface area contributed by atoms with Crippen LogP contribution in [0.1, 0.15) is 18.1 Å². The van der Waals surface area contributed by atoms with Gasteiger partial charge in [-0.2, -0.15) is 13.2 Å². The Labute approximate surface area is 196 Å². The normalized spacial score (nSPS) is 15.6. The van der Waals surface area contributed by atoms with E-state index in [9.17, 15) is 41.3 Å². The largest absolute Gasteiger partial charge is 0.573 e. The first-order valence-corrected chi connectivity index (χ1v) is 11.9. The molecule has 0 radical (unpaired) electrons. The van der Waals surface area contributed by atoms with E-state index in [1.54, 1.807) is 0 Å². The number of esters is 1. The number of hydrogen-bond donors (Lipinski definition) is 0. The lowest BCUT2D eigenvalue weighted by molar-refractivity contribution is -0.756. The molecule has 0 aromatic heterocycles. The van der Waals surface area contributed by atoms with Crippen molar-refractivity contribution in [1.29, 1.82) is 0 Å². The molecule has 8 nitrogen and oxygen atoms in total. The topological polar surface area (TPSA) is 97.1 Å². The van der Waals surface area contributed by atoms with Crippen LogP contribution in [-0.4, -0.2) is 54.4 Å². The molecule has 1 aliphatic rings. The van der Waals surface area contributed by atoms with Crippen LogP contribution in [0.4, 0.5) is 26.3 Å². The Hall–Kier alpha value is -2.49. The lowest BCUT2D eigenvalue weighted by Gasteiger charge is -2.29. The fourth-order valence-electron chi connectivity index (χ4n) is 2.74. The van der Waals surface area contributed by atoms with Crippen LogP contribution in [0.25, 0.3) is 6.08 Å². The van der Waals surface area contributed by atoms with Gasteiger partial charge in [-0.25, -0.2) is 4.79 Å². The molecule has 0 saturated carbocycles. The van der Waals surface area contributed by atoms with E-state index in [0.29, 0.717) is 0 Å². The molecule has 1 atom stereocenters. The van der Waals surface area contributed by atoms with Crippen LogP contribution < -0.4 is 9.47 Å².